The van der Waals surface area contributed by atoms with E-state index in [1.807, 2.05) is 12.2 Å². The Kier molecular flexibility index (Phi) is 43.5. The fourth-order valence-electron chi connectivity index (χ4n) is 6.38. The van der Waals surface area contributed by atoms with Gasteiger partial charge in [-0.2, -0.15) is 0 Å². The van der Waals surface area contributed by atoms with Crippen molar-refractivity contribution in [3.05, 3.63) is 60.8 Å². The molecule has 0 spiro atoms. The third-order valence-electron chi connectivity index (χ3n) is 9.92. The summed E-state index contributed by atoms with van der Waals surface area (Å²) in [6.45, 7) is 3.64. The highest BCUT2D eigenvalue weighted by Crippen LogP contribution is 2.43. The zero-order valence-electron chi connectivity index (χ0n) is 37.7. The van der Waals surface area contributed by atoms with Crippen molar-refractivity contribution in [3.8, 4) is 0 Å². The van der Waals surface area contributed by atoms with Crippen LogP contribution < -0.4 is 5.73 Å². The second-order valence-corrected chi connectivity index (χ2v) is 17.1. The van der Waals surface area contributed by atoms with Crippen LogP contribution in [-0.4, -0.2) is 49.3 Å². The van der Waals surface area contributed by atoms with E-state index in [-0.39, 0.29) is 32.6 Å². The summed E-state index contributed by atoms with van der Waals surface area (Å²) in [5.41, 5.74) is 5.35. The van der Waals surface area contributed by atoms with Gasteiger partial charge in [0.25, 0.3) is 0 Å². The molecule has 10 heteroatoms. The van der Waals surface area contributed by atoms with Crippen LogP contribution in [0.2, 0.25) is 0 Å². The summed E-state index contributed by atoms with van der Waals surface area (Å²) in [6, 6.07) is 0. The van der Waals surface area contributed by atoms with E-state index in [9.17, 15) is 19.0 Å². The van der Waals surface area contributed by atoms with E-state index < -0.39 is 32.5 Å². The molecule has 9 nitrogen and oxygen atoms in total. The van der Waals surface area contributed by atoms with Crippen molar-refractivity contribution in [2.75, 3.05) is 26.4 Å². The van der Waals surface area contributed by atoms with Crippen LogP contribution in [-0.2, 0) is 32.7 Å². The molecule has 0 aromatic heterocycles. The van der Waals surface area contributed by atoms with Crippen molar-refractivity contribution in [3.63, 3.8) is 0 Å². The van der Waals surface area contributed by atoms with Crippen LogP contribution >= 0.6 is 7.82 Å². The molecule has 0 aromatic rings. The SMILES string of the molecule is CCCCCC=CCC=CCC=CCC=CCC=CCCC(=O)OCC(COP(=O)(O)OCCN)OC(=O)CCCCCCCCCCCCCCCCCCCCC. The van der Waals surface area contributed by atoms with E-state index >= 15 is 0 Å². The van der Waals surface area contributed by atoms with Crippen molar-refractivity contribution in [1.29, 1.82) is 0 Å². The van der Waals surface area contributed by atoms with Gasteiger partial charge in [0.15, 0.2) is 6.10 Å². The Balaban J connectivity index is 4.20. The predicted octanol–water partition coefficient (Wildman–Crippen LogP) is 14.1. The summed E-state index contributed by atoms with van der Waals surface area (Å²) in [7, 11) is -4.40. The Morgan fingerprint density at radius 3 is 1.37 bits per heavy atom. The van der Waals surface area contributed by atoms with Gasteiger partial charge in [0.1, 0.15) is 6.61 Å². The number of hydrogen-bond donors (Lipinski definition) is 2. The van der Waals surface area contributed by atoms with E-state index in [1.165, 1.54) is 122 Å². The van der Waals surface area contributed by atoms with Gasteiger partial charge in [-0.3, -0.25) is 18.6 Å². The molecule has 342 valence electrons. The lowest BCUT2D eigenvalue weighted by atomic mass is 10.0. The second kappa shape index (κ2) is 45.2. The Bertz CT molecular complexity index is 1150. The number of rotatable bonds is 44. The maximum Gasteiger partial charge on any atom is 0.472 e. The number of phosphoric acid groups is 1. The smallest absolute Gasteiger partial charge is 0.462 e. The summed E-state index contributed by atoms with van der Waals surface area (Å²) in [6.07, 6.45) is 54.1. The molecule has 0 aliphatic heterocycles. The molecule has 0 saturated carbocycles. The molecule has 2 atom stereocenters. The average molecular weight is 850 g/mol. The van der Waals surface area contributed by atoms with Crippen LogP contribution in [0.4, 0.5) is 0 Å². The summed E-state index contributed by atoms with van der Waals surface area (Å²) in [5, 5.41) is 0. The standard InChI is InChI=1S/C49H88NO8P/c1-3-5-7-9-11-13-15-17-19-21-23-25-27-29-31-33-35-37-39-41-48(51)55-45-47(46-57-59(53,54)56-44-43-50)58-49(52)42-40-38-36-34-32-30-28-26-24-22-20-18-16-14-12-10-8-6-4-2/h11,13,17,19,23,25,29,31,35,37,47H,3-10,12,14-16,18,20-22,24,26-28,30,32-34,36,38-46,50H2,1-2H3,(H,53,54). The highest BCUT2D eigenvalue weighted by atomic mass is 31.2. The van der Waals surface area contributed by atoms with Gasteiger partial charge in [-0.15, -0.1) is 0 Å². The Labute approximate surface area is 361 Å². The van der Waals surface area contributed by atoms with Crippen molar-refractivity contribution in [2.24, 2.45) is 5.73 Å². The number of hydrogen-bond acceptors (Lipinski definition) is 8. The first-order valence-corrected chi connectivity index (χ1v) is 25.3. The van der Waals surface area contributed by atoms with E-state index in [0.29, 0.717) is 12.8 Å². The van der Waals surface area contributed by atoms with Crippen molar-refractivity contribution < 1.29 is 37.6 Å². The first-order valence-electron chi connectivity index (χ1n) is 23.8. The number of allylic oxidation sites excluding steroid dienone is 10. The highest BCUT2D eigenvalue weighted by molar-refractivity contribution is 7.47. The number of unbranched alkanes of at least 4 members (excludes halogenated alkanes) is 21. The van der Waals surface area contributed by atoms with Crippen LogP contribution in [0.5, 0.6) is 0 Å². The second-order valence-electron chi connectivity index (χ2n) is 15.6. The van der Waals surface area contributed by atoms with Gasteiger partial charge in [0.05, 0.1) is 13.2 Å². The van der Waals surface area contributed by atoms with E-state index in [0.717, 1.165) is 44.9 Å². The van der Waals surface area contributed by atoms with Crippen molar-refractivity contribution in [2.45, 2.75) is 213 Å². The minimum Gasteiger partial charge on any atom is -0.462 e. The van der Waals surface area contributed by atoms with Crippen molar-refractivity contribution in [1.82, 2.24) is 0 Å². The number of nitrogens with two attached hydrogens (primary N) is 1. The first-order chi connectivity index (χ1) is 28.8. The molecule has 0 aromatic carbocycles. The van der Waals surface area contributed by atoms with Crippen LogP contribution in [0, 0.1) is 0 Å². The van der Waals surface area contributed by atoms with Crippen LogP contribution in [0.15, 0.2) is 60.8 Å². The van der Waals surface area contributed by atoms with E-state index in [4.69, 9.17) is 24.3 Å². The average Bonchev–Trinajstić information content (AvgIpc) is 3.22. The van der Waals surface area contributed by atoms with E-state index in [1.54, 1.807) is 0 Å². The monoisotopic (exact) mass is 850 g/mol. The molecule has 0 amide bonds. The summed E-state index contributed by atoms with van der Waals surface area (Å²) >= 11 is 0. The number of ether oxygens (including phenoxy) is 2. The predicted molar refractivity (Wildman–Crippen MR) is 247 cm³/mol. The largest absolute Gasteiger partial charge is 0.472 e. The number of carbonyl (C=O) groups excluding carboxylic acids is 2. The molecule has 0 radical (unpaired) electrons. The minimum absolute atomic E-state index is 0.0430. The molecule has 0 rings (SSSR count). The lowest BCUT2D eigenvalue weighted by molar-refractivity contribution is -0.161. The number of carbonyl (C=O) groups is 2. The van der Waals surface area contributed by atoms with Gasteiger partial charge < -0.3 is 20.1 Å². The molecule has 0 bridgehead atoms. The van der Waals surface area contributed by atoms with Gasteiger partial charge in [-0.1, -0.05) is 203 Å². The summed E-state index contributed by atoms with van der Waals surface area (Å²) in [4.78, 5) is 34.9. The lowest BCUT2D eigenvalue weighted by Gasteiger charge is -2.19. The first kappa shape index (κ1) is 56.7. The summed E-state index contributed by atoms with van der Waals surface area (Å²) < 4.78 is 32.8. The zero-order valence-corrected chi connectivity index (χ0v) is 38.6. The molecular formula is C49H88NO8P. The minimum atomic E-state index is -4.40. The van der Waals surface area contributed by atoms with Crippen molar-refractivity contribution >= 4 is 19.8 Å². The van der Waals surface area contributed by atoms with Gasteiger partial charge in [-0.25, -0.2) is 4.57 Å². The van der Waals surface area contributed by atoms with Gasteiger partial charge in [0.2, 0.25) is 0 Å². The van der Waals surface area contributed by atoms with Gasteiger partial charge >= 0.3 is 19.8 Å². The molecule has 0 aliphatic rings. The van der Waals surface area contributed by atoms with Crippen LogP contribution in [0.3, 0.4) is 0 Å². The molecule has 2 unspecified atom stereocenters. The fraction of sp³-hybridized carbons (Fsp3) is 0.755. The lowest BCUT2D eigenvalue weighted by Crippen LogP contribution is -2.29. The Hall–Kier alpha value is -2.29. The Morgan fingerprint density at radius 2 is 0.915 bits per heavy atom. The quantitative estimate of drug-likeness (QED) is 0.0266. The normalized spacial score (nSPS) is 13.8. The molecule has 0 aliphatic carbocycles. The van der Waals surface area contributed by atoms with Crippen LogP contribution in [0.25, 0.3) is 0 Å². The van der Waals surface area contributed by atoms with E-state index in [2.05, 4.69) is 62.5 Å². The number of esters is 2. The Morgan fingerprint density at radius 1 is 0.508 bits per heavy atom. The molecular weight excluding hydrogens is 762 g/mol. The molecule has 0 heterocycles. The molecule has 59 heavy (non-hydrogen) atoms. The third kappa shape index (κ3) is 45.1. The van der Waals surface area contributed by atoms with Crippen LogP contribution in [0.1, 0.15) is 206 Å². The zero-order chi connectivity index (χ0) is 43.2. The molecule has 0 saturated heterocycles. The number of phosphoric ester groups is 1. The summed E-state index contributed by atoms with van der Waals surface area (Å²) in [5.74, 6) is -0.921. The molecule has 0 fully saturated rings. The molecule has 3 N–H and O–H groups in total. The van der Waals surface area contributed by atoms with Gasteiger partial charge in [-0.05, 0) is 51.4 Å². The topological polar surface area (TPSA) is 134 Å². The third-order valence-corrected chi connectivity index (χ3v) is 10.9. The maximum absolute atomic E-state index is 12.6. The highest BCUT2D eigenvalue weighted by Gasteiger charge is 2.26. The fourth-order valence-corrected chi connectivity index (χ4v) is 7.15. The maximum atomic E-state index is 12.6. The van der Waals surface area contributed by atoms with Gasteiger partial charge in [0, 0.05) is 19.4 Å².